The maximum Gasteiger partial charge on any atom is 0.412 e. The van der Waals surface area contributed by atoms with Gasteiger partial charge in [-0.05, 0) is 34.2 Å². The molecular weight excluding hydrogens is 379 g/mol. The smallest absolute Gasteiger partial charge is 0.412 e. The van der Waals surface area contributed by atoms with E-state index in [1.807, 2.05) is 30.3 Å². The average molecular weight is 389 g/mol. The van der Waals surface area contributed by atoms with Crippen LogP contribution in [-0.2, 0) is 11.3 Å². The number of carbonyl (C=O) groups is 1. The van der Waals surface area contributed by atoms with Crippen LogP contribution in [0.15, 0.2) is 42.6 Å². The molecule has 0 aliphatic carbocycles. The van der Waals surface area contributed by atoms with Crippen LogP contribution in [0.3, 0.4) is 0 Å². The van der Waals surface area contributed by atoms with E-state index in [-0.39, 0.29) is 11.8 Å². The quantitative estimate of drug-likeness (QED) is 0.636. The van der Waals surface area contributed by atoms with Gasteiger partial charge in [0.1, 0.15) is 6.61 Å². The number of carbonyl (C=O) groups excluding carboxylic acids is 1. The molecule has 19 heavy (non-hydrogen) atoms. The summed E-state index contributed by atoms with van der Waals surface area (Å²) in [5, 5.41) is 2.83. The van der Waals surface area contributed by atoms with Gasteiger partial charge in [0.05, 0.1) is 5.69 Å². The van der Waals surface area contributed by atoms with E-state index in [0.29, 0.717) is 5.69 Å². The maximum atomic E-state index is 11.7. The van der Waals surface area contributed by atoms with Crippen LogP contribution in [0, 0.1) is 3.57 Å². The predicted molar refractivity (Wildman–Crippen MR) is 82.2 cm³/mol. The number of amides is 1. The topological polar surface area (TPSA) is 51.2 Å². The second kappa shape index (κ2) is 6.72. The lowest BCUT2D eigenvalue weighted by Crippen LogP contribution is -2.15. The van der Waals surface area contributed by atoms with E-state index < -0.39 is 6.09 Å². The number of nitrogens with zero attached hydrogens (tertiary/aromatic N) is 1. The molecule has 0 fully saturated rings. The van der Waals surface area contributed by atoms with Gasteiger partial charge in [-0.25, -0.2) is 9.78 Å². The van der Waals surface area contributed by atoms with E-state index in [4.69, 9.17) is 16.3 Å². The van der Waals surface area contributed by atoms with Crippen molar-refractivity contribution < 1.29 is 9.53 Å². The molecule has 0 radical (unpaired) electrons. The first-order valence-corrected chi connectivity index (χ1v) is 6.90. The molecule has 6 heteroatoms. The number of benzene rings is 1. The summed E-state index contributed by atoms with van der Waals surface area (Å²) in [6, 6.07) is 11.2. The number of halogens is 2. The first-order chi connectivity index (χ1) is 9.16. The van der Waals surface area contributed by atoms with Crippen molar-refractivity contribution in [2.24, 2.45) is 0 Å². The maximum absolute atomic E-state index is 11.7. The standard InChI is InChI=1S/C13H10ClIN2O2/c14-12-11(10(15)6-7-16-12)17-13(18)19-8-9-4-2-1-3-5-9/h1-7H,8H2,(H,17,18). The molecule has 0 spiro atoms. The van der Waals surface area contributed by atoms with Gasteiger partial charge in [0.2, 0.25) is 0 Å². The summed E-state index contributed by atoms with van der Waals surface area (Å²) in [7, 11) is 0. The third-order valence-corrected chi connectivity index (χ3v) is 3.48. The molecule has 2 rings (SSSR count). The van der Waals surface area contributed by atoms with Gasteiger partial charge in [0.15, 0.2) is 5.15 Å². The normalized spacial score (nSPS) is 10.0. The molecule has 0 aliphatic rings. The van der Waals surface area contributed by atoms with E-state index in [2.05, 4.69) is 32.9 Å². The average Bonchev–Trinajstić information content (AvgIpc) is 2.42. The first-order valence-electron chi connectivity index (χ1n) is 5.44. The van der Waals surface area contributed by atoms with E-state index in [0.717, 1.165) is 9.13 Å². The summed E-state index contributed by atoms with van der Waals surface area (Å²) in [5.41, 5.74) is 1.38. The Morgan fingerprint density at radius 1 is 1.32 bits per heavy atom. The Hall–Kier alpha value is -1.34. The number of aromatic nitrogens is 1. The molecule has 2 aromatic rings. The summed E-state index contributed by atoms with van der Waals surface area (Å²) in [6.45, 7) is 0.209. The highest BCUT2D eigenvalue weighted by molar-refractivity contribution is 14.1. The molecule has 0 saturated carbocycles. The van der Waals surface area contributed by atoms with Gasteiger partial charge in [-0.2, -0.15) is 0 Å². The van der Waals surface area contributed by atoms with E-state index in [1.54, 1.807) is 12.3 Å². The molecule has 1 heterocycles. The van der Waals surface area contributed by atoms with Crippen LogP contribution in [0.5, 0.6) is 0 Å². The fraction of sp³-hybridized carbons (Fsp3) is 0.0769. The molecular formula is C13H10ClIN2O2. The summed E-state index contributed by atoms with van der Waals surface area (Å²) >= 11 is 7.97. The molecule has 4 nitrogen and oxygen atoms in total. The van der Waals surface area contributed by atoms with Crippen molar-refractivity contribution in [2.75, 3.05) is 5.32 Å². The third-order valence-electron chi connectivity index (χ3n) is 2.29. The van der Waals surface area contributed by atoms with Crippen LogP contribution in [-0.4, -0.2) is 11.1 Å². The van der Waals surface area contributed by atoms with Crippen molar-refractivity contribution in [1.29, 1.82) is 0 Å². The second-order valence-electron chi connectivity index (χ2n) is 3.65. The zero-order chi connectivity index (χ0) is 13.7. The third kappa shape index (κ3) is 4.07. The molecule has 1 aromatic carbocycles. The van der Waals surface area contributed by atoms with Gasteiger partial charge in [-0.3, -0.25) is 5.32 Å². The molecule has 0 unspecified atom stereocenters. The molecule has 1 N–H and O–H groups in total. The molecule has 1 amide bonds. The van der Waals surface area contributed by atoms with Crippen molar-refractivity contribution in [3.8, 4) is 0 Å². The number of nitrogens with one attached hydrogen (secondary N) is 1. The summed E-state index contributed by atoms with van der Waals surface area (Å²) < 4.78 is 5.90. The Labute approximate surface area is 129 Å². The Bertz CT molecular complexity index is 558. The lowest BCUT2D eigenvalue weighted by Gasteiger charge is -2.09. The minimum absolute atomic E-state index is 0.209. The van der Waals surface area contributed by atoms with Gasteiger partial charge in [-0.1, -0.05) is 41.9 Å². The Kier molecular flexibility index (Phi) is 4.98. The Morgan fingerprint density at radius 2 is 2.05 bits per heavy atom. The summed E-state index contributed by atoms with van der Waals surface area (Å²) in [4.78, 5) is 15.6. The number of ether oxygens (including phenoxy) is 1. The lowest BCUT2D eigenvalue weighted by molar-refractivity contribution is 0.155. The number of pyridine rings is 1. The number of hydrogen-bond acceptors (Lipinski definition) is 3. The summed E-state index contributed by atoms with van der Waals surface area (Å²) in [6.07, 6.45) is 1.02. The van der Waals surface area contributed by atoms with E-state index in [9.17, 15) is 4.79 Å². The van der Waals surface area contributed by atoms with E-state index >= 15 is 0 Å². The van der Waals surface area contributed by atoms with Gasteiger partial charge < -0.3 is 4.74 Å². The fourth-order valence-electron chi connectivity index (χ4n) is 1.39. The largest absolute Gasteiger partial charge is 0.444 e. The highest BCUT2D eigenvalue weighted by Crippen LogP contribution is 2.25. The van der Waals surface area contributed by atoms with Gasteiger partial charge in [0, 0.05) is 9.77 Å². The van der Waals surface area contributed by atoms with Crippen molar-refractivity contribution >= 4 is 46.0 Å². The van der Waals surface area contributed by atoms with Crippen molar-refractivity contribution in [2.45, 2.75) is 6.61 Å². The fourth-order valence-corrected chi connectivity index (χ4v) is 2.30. The zero-order valence-electron chi connectivity index (χ0n) is 9.77. The van der Waals surface area contributed by atoms with Crippen LogP contribution in [0.4, 0.5) is 10.5 Å². The van der Waals surface area contributed by atoms with Gasteiger partial charge in [0.25, 0.3) is 0 Å². The summed E-state index contributed by atoms with van der Waals surface area (Å²) in [5.74, 6) is 0. The van der Waals surface area contributed by atoms with Gasteiger partial charge >= 0.3 is 6.09 Å². The predicted octanol–water partition coefficient (Wildman–Crippen LogP) is 4.09. The van der Waals surface area contributed by atoms with Crippen LogP contribution >= 0.6 is 34.2 Å². The molecule has 98 valence electrons. The minimum Gasteiger partial charge on any atom is -0.444 e. The molecule has 0 saturated heterocycles. The van der Waals surface area contributed by atoms with Crippen LogP contribution in [0.1, 0.15) is 5.56 Å². The molecule has 1 aromatic heterocycles. The van der Waals surface area contributed by atoms with Crippen molar-refractivity contribution in [1.82, 2.24) is 4.98 Å². The second-order valence-corrected chi connectivity index (χ2v) is 5.17. The van der Waals surface area contributed by atoms with Crippen LogP contribution in [0.2, 0.25) is 5.15 Å². The SMILES string of the molecule is O=C(Nc1c(I)ccnc1Cl)OCc1ccccc1. The zero-order valence-corrected chi connectivity index (χ0v) is 12.7. The molecule has 0 atom stereocenters. The lowest BCUT2D eigenvalue weighted by atomic mass is 10.2. The highest BCUT2D eigenvalue weighted by atomic mass is 127. The van der Waals surface area contributed by atoms with Crippen LogP contribution in [0.25, 0.3) is 0 Å². The minimum atomic E-state index is -0.559. The number of rotatable bonds is 3. The first kappa shape index (κ1) is 14.1. The number of hydrogen-bond donors (Lipinski definition) is 1. The molecule has 0 bridgehead atoms. The monoisotopic (exact) mass is 388 g/mol. The molecule has 0 aliphatic heterocycles. The van der Waals surface area contributed by atoms with Crippen LogP contribution < -0.4 is 5.32 Å². The number of anilines is 1. The highest BCUT2D eigenvalue weighted by Gasteiger charge is 2.10. The van der Waals surface area contributed by atoms with E-state index in [1.165, 1.54) is 0 Å². The van der Waals surface area contributed by atoms with Crippen molar-refractivity contribution in [3.05, 3.63) is 56.9 Å². The Balaban J connectivity index is 1.95. The Morgan fingerprint density at radius 3 is 2.74 bits per heavy atom. The van der Waals surface area contributed by atoms with Gasteiger partial charge in [-0.15, -0.1) is 0 Å². The van der Waals surface area contributed by atoms with Crippen molar-refractivity contribution in [3.63, 3.8) is 0 Å².